The second-order valence-electron chi connectivity index (χ2n) is 12.2. The maximum atomic E-state index is 14.6. The molecule has 9 rings (SSSR count). The van der Waals surface area contributed by atoms with Gasteiger partial charge in [0.15, 0.2) is 0 Å². The van der Waals surface area contributed by atoms with Crippen molar-refractivity contribution in [2.75, 3.05) is 0 Å². The highest BCUT2D eigenvalue weighted by Gasteiger charge is 2.36. The van der Waals surface area contributed by atoms with Gasteiger partial charge in [-0.25, -0.2) is 4.98 Å². The Labute approximate surface area is 257 Å². The number of pyridine rings is 2. The van der Waals surface area contributed by atoms with Crippen molar-refractivity contribution in [1.82, 2.24) is 14.4 Å². The maximum absolute atomic E-state index is 14.6. The van der Waals surface area contributed by atoms with Crippen LogP contribution >= 0.6 is 0 Å². The number of hydrogen-bond donors (Lipinski definition) is 0. The van der Waals surface area contributed by atoms with Crippen LogP contribution in [0.2, 0.25) is 0 Å². The molecule has 0 saturated carbocycles. The van der Waals surface area contributed by atoms with Gasteiger partial charge in [0.2, 0.25) is 17.6 Å². The maximum Gasteiger partial charge on any atom is 0.232 e. The van der Waals surface area contributed by atoms with Crippen LogP contribution in [-0.2, 0) is 5.41 Å². The molecule has 0 N–H and O–H groups in total. The van der Waals surface area contributed by atoms with Crippen LogP contribution in [0, 0.1) is 11.9 Å². The van der Waals surface area contributed by atoms with Crippen molar-refractivity contribution in [1.29, 1.82) is 0 Å². The van der Waals surface area contributed by atoms with Crippen molar-refractivity contribution >= 4 is 27.8 Å². The summed E-state index contributed by atoms with van der Waals surface area (Å²) in [7, 11) is 0. The molecule has 0 amide bonds. The SMILES string of the molecule is CC1(C)c2cc(-c3cccc(-c4ccc5nc6c7ccccc7oc6n5c4)c3)ccc2-c2ccc(-c3ccc(F)nc3F)cc21. The Balaban J connectivity index is 1.10. The van der Waals surface area contributed by atoms with Crippen molar-refractivity contribution in [3.63, 3.8) is 0 Å². The number of benzene rings is 4. The van der Waals surface area contributed by atoms with E-state index in [1.807, 2.05) is 52.9 Å². The molecule has 0 radical (unpaired) electrons. The summed E-state index contributed by atoms with van der Waals surface area (Å²) in [5.41, 5.74) is 12.9. The lowest BCUT2D eigenvalue weighted by molar-refractivity contribution is 0.515. The minimum atomic E-state index is -0.826. The van der Waals surface area contributed by atoms with Gasteiger partial charge < -0.3 is 4.42 Å². The van der Waals surface area contributed by atoms with Crippen molar-refractivity contribution in [3.05, 3.63) is 138 Å². The number of hydrogen-bond acceptors (Lipinski definition) is 3. The number of nitrogens with zero attached hydrogens (tertiary/aromatic N) is 3. The second kappa shape index (κ2) is 9.19. The third kappa shape index (κ3) is 3.82. The van der Waals surface area contributed by atoms with Gasteiger partial charge in [-0.15, -0.1) is 0 Å². The molecule has 1 aliphatic carbocycles. The highest BCUT2D eigenvalue weighted by atomic mass is 19.1. The normalized spacial score (nSPS) is 13.5. The summed E-state index contributed by atoms with van der Waals surface area (Å²) < 4.78 is 36.2. The van der Waals surface area contributed by atoms with Gasteiger partial charge in [-0.05, 0) is 105 Å². The number of rotatable bonds is 3. The number of furan rings is 1. The number of fused-ring (bicyclic) bond motifs is 8. The molecule has 45 heavy (non-hydrogen) atoms. The average molecular weight is 590 g/mol. The molecule has 216 valence electrons. The molecule has 0 unspecified atom stereocenters. The number of imidazole rings is 1. The van der Waals surface area contributed by atoms with Gasteiger partial charge >= 0.3 is 0 Å². The van der Waals surface area contributed by atoms with Gasteiger partial charge in [0.05, 0.1) is 0 Å². The highest BCUT2D eigenvalue weighted by Crippen LogP contribution is 2.50. The van der Waals surface area contributed by atoms with E-state index in [4.69, 9.17) is 9.40 Å². The minimum absolute atomic E-state index is 0.290. The standard InChI is InChI=1S/C39H25F2N3O/c1-39(2)31-19-24(10-13-28(31)29-14-11-25(20-32(29)39)27-15-16-34(40)42-37(27)41)22-6-5-7-23(18-22)26-12-17-35-43-36-30-8-3-4-9-33(30)45-38(36)44(35)21-26/h3-21H,1-2H3. The lowest BCUT2D eigenvalue weighted by Crippen LogP contribution is -2.15. The Kier molecular flexibility index (Phi) is 5.28. The van der Waals surface area contributed by atoms with E-state index >= 15 is 0 Å². The summed E-state index contributed by atoms with van der Waals surface area (Å²) in [6.07, 6.45) is 2.09. The van der Waals surface area contributed by atoms with Crippen LogP contribution in [0.5, 0.6) is 0 Å². The predicted octanol–water partition coefficient (Wildman–Crippen LogP) is 10.2. The molecule has 0 saturated heterocycles. The fraction of sp³-hybridized carbons (Fsp3) is 0.0769. The smallest absolute Gasteiger partial charge is 0.232 e. The van der Waals surface area contributed by atoms with Crippen molar-refractivity contribution in [3.8, 4) is 44.5 Å². The van der Waals surface area contributed by atoms with Crippen LogP contribution in [0.3, 0.4) is 0 Å². The molecule has 1 aliphatic rings. The van der Waals surface area contributed by atoms with Crippen molar-refractivity contribution < 1.29 is 13.2 Å². The lowest BCUT2D eigenvalue weighted by atomic mass is 9.81. The summed E-state index contributed by atoms with van der Waals surface area (Å²) in [4.78, 5) is 8.22. The molecule has 0 fully saturated rings. The van der Waals surface area contributed by atoms with E-state index in [2.05, 4.69) is 73.6 Å². The molecule has 0 spiro atoms. The van der Waals surface area contributed by atoms with E-state index in [9.17, 15) is 8.78 Å². The quantitative estimate of drug-likeness (QED) is 0.193. The molecule has 4 aromatic carbocycles. The largest absolute Gasteiger partial charge is 0.437 e. The molecular formula is C39H25F2N3O. The summed E-state index contributed by atoms with van der Waals surface area (Å²) >= 11 is 0. The molecule has 0 aliphatic heterocycles. The molecule has 6 heteroatoms. The lowest BCUT2D eigenvalue weighted by Gasteiger charge is -2.22. The van der Waals surface area contributed by atoms with Gasteiger partial charge in [0, 0.05) is 22.6 Å². The number of aromatic nitrogens is 3. The molecule has 4 nitrogen and oxygen atoms in total. The second-order valence-corrected chi connectivity index (χ2v) is 12.2. The zero-order valence-electron chi connectivity index (χ0n) is 24.5. The minimum Gasteiger partial charge on any atom is -0.437 e. The van der Waals surface area contributed by atoms with Crippen LogP contribution in [0.15, 0.2) is 120 Å². The van der Waals surface area contributed by atoms with Crippen LogP contribution < -0.4 is 0 Å². The van der Waals surface area contributed by atoms with E-state index in [1.54, 1.807) is 0 Å². The van der Waals surface area contributed by atoms with Crippen molar-refractivity contribution in [2.24, 2.45) is 0 Å². The fourth-order valence-electron chi connectivity index (χ4n) is 6.91. The van der Waals surface area contributed by atoms with E-state index in [1.165, 1.54) is 23.3 Å². The Bertz CT molecular complexity index is 2510. The molecule has 4 aromatic heterocycles. The van der Waals surface area contributed by atoms with Crippen LogP contribution in [0.4, 0.5) is 8.78 Å². The Morgan fingerprint density at radius 3 is 2.09 bits per heavy atom. The van der Waals surface area contributed by atoms with Gasteiger partial charge in [-0.1, -0.05) is 68.4 Å². The zero-order valence-corrected chi connectivity index (χ0v) is 24.5. The first-order chi connectivity index (χ1) is 21.8. The predicted molar refractivity (Wildman–Crippen MR) is 174 cm³/mol. The molecule has 0 bridgehead atoms. The summed E-state index contributed by atoms with van der Waals surface area (Å²) in [5, 5.41) is 1.01. The van der Waals surface area contributed by atoms with E-state index in [0.29, 0.717) is 11.1 Å². The van der Waals surface area contributed by atoms with Gasteiger partial charge in [-0.3, -0.25) is 4.40 Å². The van der Waals surface area contributed by atoms with Crippen LogP contribution in [-0.4, -0.2) is 14.4 Å². The topological polar surface area (TPSA) is 43.3 Å². The third-order valence-electron chi connectivity index (χ3n) is 9.25. The number of halogens is 2. The Morgan fingerprint density at radius 1 is 0.622 bits per heavy atom. The third-order valence-corrected chi connectivity index (χ3v) is 9.25. The first kappa shape index (κ1) is 25.8. The molecule has 0 atom stereocenters. The summed E-state index contributed by atoms with van der Waals surface area (Å²) in [5.74, 6) is -1.63. The molecule has 4 heterocycles. The zero-order chi connectivity index (χ0) is 30.4. The van der Waals surface area contributed by atoms with Crippen LogP contribution in [0.1, 0.15) is 25.0 Å². The van der Waals surface area contributed by atoms with E-state index < -0.39 is 11.9 Å². The molecular weight excluding hydrogens is 564 g/mol. The highest BCUT2D eigenvalue weighted by molar-refractivity contribution is 6.03. The van der Waals surface area contributed by atoms with Gasteiger partial charge in [0.25, 0.3) is 0 Å². The van der Waals surface area contributed by atoms with Crippen molar-refractivity contribution in [2.45, 2.75) is 19.3 Å². The van der Waals surface area contributed by atoms with Crippen LogP contribution in [0.25, 0.3) is 72.4 Å². The average Bonchev–Trinajstić information content (AvgIpc) is 3.67. The van der Waals surface area contributed by atoms with Gasteiger partial charge in [0.1, 0.15) is 16.7 Å². The fourth-order valence-corrected chi connectivity index (χ4v) is 6.91. The summed E-state index contributed by atoms with van der Waals surface area (Å²) in [6, 6.07) is 35.9. The molecule has 8 aromatic rings. The first-order valence-corrected chi connectivity index (χ1v) is 14.9. The summed E-state index contributed by atoms with van der Waals surface area (Å²) in [6.45, 7) is 4.39. The van der Waals surface area contributed by atoms with E-state index in [0.717, 1.165) is 61.2 Å². The van der Waals surface area contributed by atoms with Gasteiger partial charge in [-0.2, -0.15) is 13.8 Å². The number of para-hydroxylation sites is 1. The van der Waals surface area contributed by atoms with E-state index in [-0.39, 0.29) is 5.41 Å². The Morgan fingerprint density at radius 2 is 1.29 bits per heavy atom. The monoisotopic (exact) mass is 589 g/mol. The Hall–Kier alpha value is -5.62. The first-order valence-electron chi connectivity index (χ1n) is 14.9.